The molecule has 170 valence electrons. The van der Waals surface area contributed by atoms with Crippen LogP contribution < -0.4 is 5.32 Å². The molecule has 1 aliphatic heterocycles. The molecule has 4 rings (SSSR count). The second-order valence-corrected chi connectivity index (χ2v) is 8.22. The first-order valence-electron chi connectivity index (χ1n) is 10.8. The third kappa shape index (κ3) is 5.23. The molecule has 2 N–H and O–H groups in total. The van der Waals surface area contributed by atoms with Crippen molar-refractivity contribution in [1.29, 1.82) is 0 Å². The third-order valence-corrected chi connectivity index (χ3v) is 6.16. The third-order valence-electron chi connectivity index (χ3n) is 6.16. The molecule has 2 heterocycles. The Morgan fingerprint density at radius 1 is 1.00 bits per heavy atom. The Labute approximate surface area is 191 Å². The number of benzene rings is 2. The highest BCUT2D eigenvalue weighted by atomic mass is 19.1. The lowest BCUT2D eigenvalue weighted by molar-refractivity contribution is 0.0903. The van der Waals surface area contributed by atoms with Gasteiger partial charge in [0, 0.05) is 43.0 Å². The maximum atomic E-state index is 13.1. The number of nitrogens with one attached hydrogen (secondary N) is 1. The van der Waals surface area contributed by atoms with E-state index in [2.05, 4.69) is 27.4 Å². The van der Waals surface area contributed by atoms with Gasteiger partial charge in [0.1, 0.15) is 18.2 Å². The van der Waals surface area contributed by atoms with Crippen LogP contribution in [0.3, 0.4) is 0 Å². The summed E-state index contributed by atoms with van der Waals surface area (Å²) in [5.74, 6) is -0.160. The van der Waals surface area contributed by atoms with Crippen molar-refractivity contribution in [3.05, 3.63) is 89.8 Å². The summed E-state index contributed by atoms with van der Waals surface area (Å²) in [6, 6.07) is 15.6. The van der Waals surface area contributed by atoms with Gasteiger partial charge in [-0.15, -0.1) is 0 Å². The second-order valence-electron chi connectivity index (χ2n) is 8.22. The highest BCUT2D eigenvalue weighted by Crippen LogP contribution is 2.38. The minimum Gasteiger partial charge on any atom is -0.388 e. The zero-order valence-corrected chi connectivity index (χ0v) is 18.1. The van der Waals surface area contributed by atoms with Crippen LogP contribution in [-0.4, -0.2) is 51.5 Å². The molecular weight excluding hydrogens is 423 g/mol. The van der Waals surface area contributed by atoms with Crippen LogP contribution in [0.2, 0.25) is 0 Å². The summed E-state index contributed by atoms with van der Waals surface area (Å²) in [6.07, 6.45) is 4.90. The van der Waals surface area contributed by atoms with E-state index in [0.717, 1.165) is 5.56 Å². The number of ketones is 1. The monoisotopic (exact) mass is 448 g/mol. The Hall–Kier alpha value is -3.65. The molecule has 2 aromatic carbocycles. The van der Waals surface area contributed by atoms with E-state index < -0.39 is 12.4 Å². The molecule has 3 aromatic rings. The summed E-state index contributed by atoms with van der Waals surface area (Å²) >= 11 is 0. The van der Waals surface area contributed by atoms with Gasteiger partial charge in [-0.3, -0.25) is 4.79 Å². The van der Waals surface area contributed by atoms with Gasteiger partial charge in [-0.2, -0.15) is 0 Å². The zero-order chi connectivity index (χ0) is 23.3. The fraction of sp³-hybridized carbons (Fsp3) is 0.280. The summed E-state index contributed by atoms with van der Waals surface area (Å²) in [5.41, 5.74) is 1.73. The molecule has 1 fully saturated rings. The molecule has 0 radical (unpaired) electrons. The number of aromatic nitrogens is 2. The molecule has 2 amide bonds. The number of amides is 2. The molecule has 0 aliphatic carbocycles. The number of urea groups is 1. The highest BCUT2D eigenvalue weighted by Gasteiger charge is 2.38. The number of aliphatic hydroxyl groups excluding tert-OH is 1. The van der Waals surface area contributed by atoms with E-state index >= 15 is 0 Å². The number of piperidine rings is 1. The number of Topliss-reactive ketones (excluding diaryl/α,β-unsaturated/α-hetero) is 1. The summed E-state index contributed by atoms with van der Waals surface area (Å²) in [6.45, 7) is 0.512. The van der Waals surface area contributed by atoms with E-state index in [1.165, 1.54) is 36.7 Å². The predicted octanol–water partition coefficient (Wildman–Crippen LogP) is 3.60. The number of carbonyl (C=O) groups excluding carboxylic acids is 2. The Morgan fingerprint density at radius 3 is 2.24 bits per heavy atom. The maximum Gasteiger partial charge on any atom is 0.321 e. The van der Waals surface area contributed by atoms with Crippen molar-refractivity contribution in [2.24, 2.45) is 0 Å². The number of aliphatic hydroxyl groups is 1. The van der Waals surface area contributed by atoms with E-state index in [-0.39, 0.29) is 22.8 Å². The lowest BCUT2D eigenvalue weighted by atomic mass is 9.70. The number of rotatable bonds is 6. The van der Waals surface area contributed by atoms with Crippen molar-refractivity contribution >= 4 is 17.5 Å². The number of nitrogens with zero attached hydrogens (tertiary/aromatic N) is 3. The number of hydrogen-bond donors (Lipinski definition) is 2. The molecule has 7 nitrogen and oxygen atoms in total. The van der Waals surface area contributed by atoms with Crippen molar-refractivity contribution < 1.29 is 19.1 Å². The van der Waals surface area contributed by atoms with E-state index in [9.17, 15) is 14.0 Å². The van der Waals surface area contributed by atoms with Crippen molar-refractivity contribution in [2.45, 2.75) is 24.7 Å². The van der Waals surface area contributed by atoms with Crippen molar-refractivity contribution in [3.63, 3.8) is 0 Å². The molecule has 0 unspecified atom stereocenters. The van der Waals surface area contributed by atoms with Crippen molar-refractivity contribution in [2.75, 3.05) is 25.0 Å². The van der Waals surface area contributed by atoms with Gasteiger partial charge < -0.3 is 15.3 Å². The standard InChI is InChI=1S/C25H25FN4O3/c26-20-6-8-21(9-7-20)29-24(33)30-12-10-25(11-13-30,19-4-2-1-3-5-19)14-23-27-15-18(16-28-23)22(32)17-31/h1-9,15-16,31H,10-14,17H2,(H,29,33). The molecule has 1 aromatic heterocycles. The molecule has 0 atom stereocenters. The van der Waals surface area contributed by atoms with Crippen LogP contribution in [0.15, 0.2) is 67.0 Å². The molecule has 33 heavy (non-hydrogen) atoms. The van der Waals surface area contributed by atoms with Crippen LogP contribution in [0.25, 0.3) is 0 Å². The van der Waals surface area contributed by atoms with Gasteiger partial charge in [0.25, 0.3) is 0 Å². The summed E-state index contributed by atoms with van der Waals surface area (Å²) in [7, 11) is 0. The minimum atomic E-state index is -0.577. The zero-order valence-electron chi connectivity index (χ0n) is 18.1. The fourth-order valence-electron chi connectivity index (χ4n) is 4.22. The normalized spacial score (nSPS) is 15.2. The van der Waals surface area contributed by atoms with E-state index in [4.69, 9.17) is 5.11 Å². The number of hydrogen-bond acceptors (Lipinski definition) is 5. The fourth-order valence-corrected chi connectivity index (χ4v) is 4.22. The van der Waals surface area contributed by atoms with Gasteiger partial charge in [-0.05, 0) is 42.7 Å². The van der Waals surface area contributed by atoms with E-state index in [0.29, 0.717) is 43.9 Å². The van der Waals surface area contributed by atoms with Crippen LogP contribution in [0.5, 0.6) is 0 Å². The molecule has 1 saturated heterocycles. The van der Waals surface area contributed by atoms with E-state index in [1.807, 2.05) is 18.2 Å². The maximum absolute atomic E-state index is 13.1. The largest absolute Gasteiger partial charge is 0.388 e. The molecule has 0 saturated carbocycles. The van der Waals surface area contributed by atoms with Gasteiger partial charge in [-0.1, -0.05) is 30.3 Å². The lowest BCUT2D eigenvalue weighted by Crippen LogP contribution is -2.47. The van der Waals surface area contributed by atoms with Gasteiger partial charge in [0.15, 0.2) is 5.78 Å². The summed E-state index contributed by atoms with van der Waals surface area (Å²) < 4.78 is 13.1. The predicted molar refractivity (Wildman–Crippen MR) is 121 cm³/mol. The Balaban J connectivity index is 1.49. The van der Waals surface area contributed by atoms with E-state index in [1.54, 1.807) is 4.90 Å². The van der Waals surface area contributed by atoms with Crippen molar-refractivity contribution in [1.82, 2.24) is 14.9 Å². The second kappa shape index (κ2) is 9.87. The van der Waals surface area contributed by atoms with Crippen LogP contribution in [0, 0.1) is 5.82 Å². The number of anilines is 1. The van der Waals surface area contributed by atoms with Crippen LogP contribution >= 0.6 is 0 Å². The first kappa shape index (κ1) is 22.5. The summed E-state index contributed by atoms with van der Waals surface area (Å²) in [5, 5.41) is 11.8. The van der Waals surface area contributed by atoms with Crippen LogP contribution in [-0.2, 0) is 11.8 Å². The molecule has 1 aliphatic rings. The Morgan fingerprint density at radius 2 is 1.64 bits per heavy atom. The lowest BCUT2D eigenvalue weighted by Gasteiger charge is -2.42. The average Bonchev–Trinajstić information content (AvgIpc) is 2.86. The molecule has 0 bridgehead atoms. The van der Waals surface area contributed by atoms with Gasteiger partial charge in [0.05, 0.1) is 5.56 Å². The Kier molecular flexibility index (Phi) is 6.74. The van der Waals surface area contributed by atoms with Crippen molar-refractivity contribution in [3.8, 4) is 0 Å². The molecule has 8 heteroatoms. The first-order valence-corrected chi connectivity index (χ1v) is 10.8. The minimum absolute atomic E-state index is 0.216. The molecular formula is C25H25FN4O3. The number of halogens is 1. The number of likely N-dealkylation sites (tertiary alicyclic amines) is 1. The van der Waals surface area contributed by atoms with Crippen LogP contribution in [0.1, 0.15) is 34.6 Å². The highest BCUT2D eigenvalue weighted by molar-refractivity contribution is 5.96. The average molecular weight is 448 g/mol. The SMILES string of the molecule is O=C(CO)c1cnc(CC2(c3ccccc3)CCN(C(=O)Nc3ccc(F)cc3)CC2)nc1. The Bertz CT molecular complexity index is 1100. The van der Waals surface area contributed by atoms with Gasteiger partial charge >= 0.3 is 6.03 Å². The first-order chi connectivity index (χ1) is 16.0. The smallest absolute Gasteiger partial charge is 0.321 e. The molecule has 0 spiro atoms. The number of carbonyl (C=O) groups is 2. The van der Waals surface area contributed by atoms with Crippen LogP contribution in [0.4, 0.5) is 14.9 Å². The van der Waals surface area contributed by atoms with Gasteiger partial charge in [-0.25, -0.2) is 19.2 Å². The van der Waals surface area contributed by atoms with Gasteiger partial charge in [0.2, 0.25) is 0 Å². The quantitative estimate of drug-likeness (QED) is 0.562. The summed E-state index contributed by atoms with van der Waals surface area (Å²) in [4.78, 5) is 34.9. The topological polar surface area (TPSA) is 95.4 Å².